The highest BCUT2D eigenvalue weighted by molar-refractivity contribution is 5.76. The van der Waals surface area contributed by atoms with Gasteiger partial charge in [-0.15, -0.1) is 0 Å². The molecular weight excluding hydrogens is 1060 g/mol. The maximum Gasteiger partial charge on any atom is 0.305 e. The van der Waals surface area contributed by atoms with Gasteiger partial charge in [-0.2, -0.15) is 0 Å². The number of carbonyl (C=O) groups excluding carboxylic acids is 2. The summed E-state index contributed by atoms with van der Waals surface area (Å²) in [6.45, 7) is 4.27. The minimum absolute atomic E-state index is 0.0128. The second-order valence-corrected chi connectivity index (χ2v) is 24.6. The molecule has 7 atom stereocenters. The number of rotatable bonds is 62. The van der Waals surface area contributed by atoms with Crippen LogP contribution in [-0.2, 0) is 23.8 Å². The Morgan fingerprint density at radius 1 is 0.435 bits per heavy atom. The summed E-state index contributed by atoms with van der Waals surface area (Å²) in [6.07, 6.45) is 74.5. The van der Waals surface area contributed by atoms with Gasteiger partial charge < -0.3 is 45.1 Å². The lowest BCUT2D eigenvalue weighted by Crippen LogP contribution is -2.60. The van der Waals surface area contributed by atoms with Gasteiger partial charge in [0, 0.05) is 12.8 Å². The Balaban J connectivity index is 2.02. The number of hydrogen-bond donors (Lipinski definition) is 6. The molecule has 1 fully saturated rings. The van der Waals surface area contributed by atoms with E-state index in [1.807, 2.05) is 6.08 Å². The highest BCUT2D eigenvalue weighted by Crippen LogP contribution is 2.23. The standard InChI is InChI=1S/C74H133NO10/c1-3-5-7-9-11-13-15-17-33-37-40-44-48-52-56-60-67(77)66(65-84-74-73(82)72(81)71(80)68(64-76)85-74)75-69(78)61-57-53-49-45-41-38-34-31-29-27-25-23-21-19-18-20-22-24-26-28-30-32-35-39-43-47-51-55-59-63-83-70(79)62-58-54-50-46-42-36-16-14-12-10-8-6-4-2/h8,10,14,16,18,20,24,26,40,44,56,60,66-68,71-74,76-77,80-82H,3-7,9,11-13,15,17,19,21-23,25,27-39,41-43,45-55,57-59,61-65H2,1-2H3,(H,75,78)/b10-8-,16-14-,20-18-,26-24-,44-40+,60-56+. The topological polar surface area (TPSA) is 175 Å². The quantitative estimate of drug-likeness (QED) is 0.0195. The first kappa shape index (κ1) is 80.1. The molecule has 11 nitrogen and oxygen atoms in total. The normalized spacial score (nSPS) is 18.4. The van der Waals surface area contributed by atoms with Crippen LogP contribution in [0.15, 0.2) is 72.9 Å². The van der Waals surface area contributed by atoms with Crippen molar-refractivity contribution in [2.24, 2.45) is 0 Å². The largest absolute Gasteiger partial charge is 0.466 e. The summed E-state index contributed by atoms with van der Waals surface area (Å²) >= 11 is 0. The number of unbranched alkanes of at least 4 members (excludes halogenated alkanes) is 38. The molecule has 1 saturated heterocycles. The van der Waals surface area contributed by atoms with Gasteiger partial charge in [0.15, 0.2) is 6.29 Å². The fourth-order valence-electron chi connectivity index (χ4n) is 10.9. The monoisotopic (exact) mass is 1200 g/mol. The van der Waals surface area contributed by atoms with E-state index in [1.165, 1.54) is 212 Å². The maximum absolute atomic E-state index is 13.1. The van der Waals surface area contributed by atoms with Crippen LogP contribution in [0.3, 0.4) is 0 Å². The summed E-state index contributed by atoms with van der Waals surface area (Å²) in [5, 5.41) is 54.5. The molecular formula is C74H133NO10. The molecule has 7 unspecified atom stereocenters. The molecule has 0 aromatic rings. The highest BCUT2D eigenvalue weighted by atomic mass is 16.7. The van der Waals surface area contributed by atoms with Crippen molar-refractivity contribution in [3.63, 3.8) is 0 Å². The van der Waals surface area contributed by atoms with Crippen molar-refractivity contribution in [2.75, 3.05) is 19.8 Å². The number of hydrogen-bond acceptors (Lipinski definition) is 10. The lowest BCUT2D eigenvalue weighted by molar-refractivity contribution is -0.302. The van der Waals surface area contributed by atoms with Crippen molar-refractivity contribution in [1.82, 2.24) is 5.32 Å². The summed E-state index contributed by atoms with van der Waals surface area (Å²) in [5.41, 5.74) is 0. The molecule has 0 bridgehead atoms. The third-order valence-corrected chi connectivity index (χ3v) is 16.5. The molecule has 85 heavy (non-hydrogen) atoms. The molecule has 0 spiro atoms. The van der Waals surface area contributed by atoms with Gasteiger partial charge in [-0.25, -0.2) is 0 Å². The molecule has 1 amide bonds. The third kappa shape index (κ3) is 51.7. The van der Waals surface area contributed by atoms with E-state index in [9.17, 15) is 35.1 Å². The zero-order chi connectivity index (χ0) is 61.6. The number of esters is 1. The molecule has 0 aromatic carbocycles. The maximum atomic E-state index is 13.1. The van der Waals surface area contributed by atoms with Gasteiger partial charge in [0.25, 0.3) is 0 Å². The lowest BCUT2D eigenvalue weighted by atomic mass is 9.99. The van der Waals surface area contributed by atoms with Gasteiger partial charge in [-0.1, -0.05) is 279 Å². The smallest absolute Gasteiger partial charge is 0.305 e. The number of nitrogens with one attached hydrogen (secondary N) is 1. The van der Waals surface area contributed by atoms with Crippen LogP contribution in [0.1, 0.15) is 322 Å². The van der Waals surface area contributed by atoms with Gasteiger partial charge in [-0.05, 0) is 103 Å². The number of ether oxygens (including phenoxy) is 3. The van der Waals surface area contributed by atoms with E-state index < -0.39 is 49.5 Å². The van der Waals surface area contributed by atoms with Crippen molar-refractivity contribution in [3.05, 3.63) is 72.9 Å². The predicted molar refractivity (Wildman–Crippen MR) is 356 cm³/mol. The summed E-state index contributed by atoms with van der Waals surface area (Å²) in [6, 6.07) is -0.830. The number of aliphatic hydroxyl groups is 5. The van der Waals surface area contributed by atoms with Crippen molar-refractivity contribution in [1.29, 1.82) is 0 Å². The molecule has 0 saturated carbocycles. The van der Waals surface area contributed by atoms with Crippen molar-refractivity contribution in [3.8, 4) is 0 Å². The number of amides is 1. The van der Waals surface area contributed by atoms with Gasteiger partial charge in [0.2, 0.25) is 5.91 Å². The molecule has 0 radical (unpaired) electrons. The predicted octanol–water partition coefficient (Wildman–Crippen LogP) is 18.3. The Hall–Kier alpha value is -2.90. The van der Waals surface area contributed by atoms with Crippen LogP contribution < -0.4 is 5.32 Å². The molecule has 1 aliphatic heterocycles. The van der Waals surface area contributed by atoms with Crippen LogP contribution in [-0.4, -0.2) is 100 Å². The second kappa shape index (κ2) is 62.7. The molecule has 494 valence electrons. The van der Waals surface area contributed by atoms with Crippen LogP contribution in [0.2, 0.25) is 0 Å². The van der Waals surface area contributed by atoms with Gasteiger partial charge >= 0.3 is 5.97 Å². The minimum Gasteiger partial charge on any atom is -0.466 e. The number of allylic oxidation sites excluding steroid dienone is 11. The fraction of sp³-hybridized carbons (Fsp3) is 0.811. The molecule has 11 heteroatoms. The van der Waals surface area contributed by atoms with E-state index in [2.05, 4.69) is 79.9 Å². The fourth-order valence-corrected chi connectivity index (χ4v) is 10.9. The lowest BCUT2D eigenvalue weighted by Gasteiger charge is -2.40. The Labute approximate surface area is 521 Å². The molecule has 1 rings (SSSR count). The average Bonchev–Trinajstić information content (AvgIpc) is 3.49. The van der Waals surface area contributed by atoms with Crippen molar-refractivity contribution >= 4 is 11.9 Å². The Kier molecular flexibility index (Phi) is 59.1. The van der Waals surface area contributed by atoms with Crippen LogP contribution in [0.5, 0.6) is 0 Å². The van der Waals surface area contributed by atoms with Crippen LogP contribution in [0.4, 0.5) is 0 Å². The number of aliphatic hydroxyl groups excluding tert-OH is 5. The van der Waals surface area contributed by atoms with E-state index in [0.717, 1.165) is 83.5 Å². The molecule has 0 aromatic heterocycles. The Morgan fingerprint density at radius 3 is 1.28 bits per heavy atom. The molecule has 6 N–H and O–H groups in total. The minimum atomic E-state index is -1.58. The zero-order valence-electron chi connectivity index (χ0n) is 54.8. The SMILES string of the molecule is CCC/C=C\C/C=C\CCCCCCCC(=O)OCCCCCCCCCCC/C=C\C/C=C\CCCCCCCCCCCCCCCC(=O)NC(COC1OC(CO)C(O)C(O)C1O)C(O)/C=C/CC/C=C/CCCCCCCCCCC. The van der Waals surface area contributed by atoms with Gasteiger partial charge in [-0.3, -0.25) is 9.59 Å². The molecule has 0 aliphatic carbocycles. The Bertz CT molecular complexity index is 1640. The summed E-state index contributed by atoms with van der Waals surface area (Å²) < 4.78 is 16.7. The zero-order valence-corrected chi connectivity index (χ0v) is 54.8. The average molecular weight is 1200 g/mol. The highest BCUT2D eigenvalue weighted by Gasteiger charge is 2.44. The summed E-state index contributed by atoms with van der Waals surface area (Å²) in [5.74, 6) is -0.205. The first-order chi connectivity index (χ1) is 41.7. The van der Waals surface area contributed by atoms with Crippen LogP contribution >= 0.6 is 0 Å². The van der Waals surface area contributed by atoms with Gasteiger partial charge in [0.05, 0.1) is 32.0 Å². The van der Waals surface area contributed by atoms with E-state index in [0.29, 0.717) is 19.4 Å². The third-order valence-electron chi connectivity index (χ3n) is 16.5. The first-order valence-electron chi connectivity index (χ1n) is 35.7. The van der Waals surface area contributed by atoms with Gasteiger partial charge in [0.1, 0.15) is 24.4 Å². The van der Waals surface area contributed by atoms with E-state index in [1.54, 1.807) is 6.08 Å². The molecule has 1 heterocycles. The van der Waals surface area contributed by atoms with E-state index >= 15 is 0 Å². The summed E-state index contributed by atoms with van der Waals surface area (Å²) in [7, 11) is 0. The van der Waals surface area contributed by atoms with E-state index in [-0.39, 0.29) is 18.5 Å². The van der Waals surface area contributed by atoms with E-state index in [4.69, 9.17) is 14.2 Å². The first-order valence-corrected chi connectivity index (χ1v) is 35.7. The van der Waals surface area contributed by atoms with Crippen LogP contribution in [0, 0.1) is 0 Å². The molecule has 1 aliphatic rings. The summed E-state index contributed by atoms with van der Waals surface area (Å²) in [4.78, 5) is 25.1. The second-order valence-electron chi connectivity index (χ2n) is 24.6. The number of carbonyl (C=O) groups is 2. The van der Waals surface area contributed by atoms with Crippen molar-refractivity contribution in [2.45, 2.75) is 365 Å². The Morgan fingerprint density at radius 2 is 0.824 bits per heavy atom. The van der Waals surface area contributed by atoms with Crippen LogP contribution in [0.25, 0.3) is 0 Å². The van der Waals surface area contributed by atoms with Crippen molar-refractivity contribution < 1.29 is 49.3 Å².